The second kappa shape index (κ2) is 5.76. The number of allylic oxidation sites excluding steroid dienone is 1. The molecule has 24 heavy (non-hydrogen) atoms. The maximum atomic E-state index is 12.8. The number of fused-ring (bicyclic) bond motifs is 2. The summed E-state index contributed by atoms with van der Waals surface area (Å²) in [6.45, 7) is 8.66. The lowest BCUT2D eigenvalue weighted by molar-refractivity contribution is -0.125. The van der Waals surface area contributed by atoms with Gasteiger partial charge < -0.3 is 10.1 Å². The van der Waals surface area contributed by atoms with E-state index in [4.69, 9.17) is 4.74 Å². The standard InChI is InChI=1S/C20H25NO3/c1-5-24-18(23)13-6-8-14(9-7-13)21-12-15-16-10-11-20(4,17(15)22)19(16,2)3/h6-9,12,16,21H,5,10-11H2,1-4H3/b15-12-/t16-,20-/m1/s1. The Morgan fingerprint density at radius 1 is 1.29 bits per heavy atom. The number of nitrogens with one attached hydrogen (secondary N) is 1. The lowest BCUT2D eigenvalue weighted by Gasteiger charge is -2.31. The van der Waals surface area contributed by atoms with Crippen LogP contribution in [0.4, 0.5) is 5.69 Å². The SMILES string of the molecule is CCOC(=O)c1ccc(N/C=C2\C(=O)[C@@]3(C)CC[C@H]2C3(C)C)cc1. The molecule has 2 fully saturated rings. The van der Waals surface area contributed by atoms with E-state index in [1.807, 2.05) is 18.3 Å². The highest BCUT2D eigenvalue weighted by atomic mass is 16.5. The van der Waals surface area contributed by atoms with Gasteiger partial charge in [-0.3, -0.25) is 4.79 Å². The van der Waals surface area contributed by atoms with Gasteiger partial charge in [0.05, 0.1) is 12.2 Å². The van der Waals surface area contributed by atoms with Crippen molar-refractivity contribution >= 4 is 17.4 Å². The fourth-order valence-corrected chi connectivity index (χ4v) is 4.17. The largest absolute Gasteiger partial charge is 0.462 e. The van der Waals surface area contributed by atoms with Crippen LogP contribution < -0.4 is 5.32 Å². The Kier molecular flexibility index (Phi) is 4.02. The van der Waals surface area contributed by atoms with Crippen LogP contribution in [0.2, 0.25) is 0 Å². The molecule has 1 aromatic rings. The monoisotopic (exact) mass is 327 g/mol. The topological polar surface area (TPSA) is 55.4 Å². The Bertz CT molecular complexity index is 702. The fraction of sp³-hybridized carbons (Fsp3) is 0.500. The molecule has 2 bridgehead atoms. The van der Waals surface area contributed by atoms with Gasteiger partial charge in [0.2, 0.25) is 0 Å². The van der Waals surface area contributed by atoms with Gasteiger partial charge in [-0.05, 0) is 55.4 Å². The van der Waals surface area contributed by atoms with Crippen molar-refractivity contribution < 1.29 is 14.3 Å². The summed E-state index contributed by atoms with van der Waals surface area (Å²) in [6, 6.07) is 7.11. The van der Waals surface area contributed by atoms with Crippen molar-refractivity contribution in [3.63, 3.8) is 0 Å². The van der Waals surface area contributed by atoms with Gasteiger partial charge in [0.1, 0.15) is 0 Å². The number of ether oxygens (including phenoxy) is 1. The molecule has 4 heteroatoms. The molecule has 0 amide bonds. The first-order valence-corrected chi connectivity index (χ1v) is 8.60. The molecule has 2 aliphatic carbocycles. The summed E-state index contributed by atoms with van der Waals surface area (Å²) in [5.74, 6) is 0.279. The summed E-state index contributed by atoms with van der Waals surface area (Å²) in [5, 5.41) is 3.22. The van der Waals surface area contributed by atoms with Gasteiger partial charge in [0.25, 0.3) is 0 Å². The molecule has 0 spiro atoms. The van der Waals surface area contributed by atoms with Crippen LogP contribution in [0.15, 0.2) is 36.0 Å². The molecule has 0 aromatic heterocycles. The van der Waals surface area contributed by atoms with E-state index in [0.717, 1.165) is 24.1 Å². The maximum Gasteiger partial charge on any atom is 0.338 e. The Morgan fingerprint density at radius 2 is 1.96 bits per heavy atom. The molecule has 3 rings (SSSR count). The molecule has 2 saturated carbocycles. The normalized spacial score (nSPS) is 29.1. The molecule has 0 aliphatic heterocycles. The minimum atomic E-state index is -0.319. The molecule has 0 unspecified atom stereocenters. The van der Waals surface area contributed by atoms with E-state index in [2.05, 4.69) is 26.1 Å². The lowest BCUT2D eigenvalue weighted by atomic mass is 9.70. The molecule has 2 atom stereocenters. The molecule has 128 valence electrons. The van der Waals surface area contributed by atoms with Crippen molar-refractivity contribution in [2.45, 2.75) is 40.5 Å². The number of hydrogen-bond donors (Lipinski definition) is 1. The highest BCUT2D eigenvalue weighted by molar-refractivity contribution is 6.04. The first kappa shape index (κ1) is 16.7. The number of carbonyl (C=O) groups is 2. The minimum absolute atomic E-state index is 0.0192. The summed E-state index contributed by atoms with van der Waals surface area (Å²) in [7, 11) is 0. The molecular formula is C20H25NO3. The fourth-order valence-electron chi connectivity index (χ4n) is 4.17. The van der Waals surface area contributed by atoms with Crippen LogP contribution in [0.5, 0.6) is 0 Å². The average Bonchev–Trinajstić information content (AvgIpc) is 2.86. The average molecular weight is 327 g/mol. The third-order valence-electron chi connectivity index (χ3n) is 6.16. The van der Waals surface area contributed by atoms with Crippen LogP contribution in [0, 0.1) is 16.7 Å². The van der Waals surface area contributed by atoms with E-state index in [1.54, 1.807) is 19.1 Å². The molecule has 0 heterocycles. The van der Waals surface area contributed by atoms with Gasteiger partial charge in [-0.2, -0.15) is 0 Å². The van der Waals surface area contributed by atoms with E-state index >= 15 is 0 Å². The van der Waals surface area contributed by atoms with E-state index < -0.39 is 0 Å². The zero-order valence-electron chi connectivity index (χ0n) is 14.8. The Morgan fingerprint density at radius 3 is 2.50 bits per heavy atom. The van der Waals surface area contributed by atoms with Gasteiger partial charge in [-0.1, -0.05) is 20.8 Å². The minimum Gasteiger partial charge on any atom is -0.462 e. The van der Waals surface area contributed by atoms with Crippen LogP contribution in [-0.4, -0.2) is 18.4 Å². The summed E-state index contributed by atoms with van der Waals surface area (Å²) in [5.41, 5.74) is 2.07. The molecule has 0 saturated heterocycles. The predicted molar refractivity (Wildman–Crippen MR) is 93.7 cm³/mol. The van der Waals surface area contributed by atoms with Gasteiger partial charge in [-0.25, -0.2) is 4.79 Å². The van der Waals surface area contributed by atoms with Gasteiger partial charge >= 0.3 is 5.97 Å². The first-order chi connectivity index (χ1) is 11.3. The maximum absolute atomic E-state index is 12.8. The molecule has 2 aliphatic rings. The Labute approximate surface area is 143 Å². The molecular weight excluding hydrogens is 302 g/mol. The number of ketones is 1. The van der Waals surface area contributed by atoms with Crippen LogP contribution in [0.3, 0.4) is 0 Å². The van der Waals surface area contributed by atoms with Crippen molar-refractivity contribution in [1.29, 1.82) is 0 Å². The molecule has 4 nitrogen and oxygen atoms in total. The van der Waals surface area contributed by atoms with Crippen LogP contribution >= 0.6 is 0 Å². The van der Waals surface area contributed by atoms with E-state index in [1.165, 1.54) is 0 Å². The number of rotatable bonds is 4. The summed E-state index contributed by atoms with van der Waals surface area (Å²) in [4.78, 5) is 24.4. The Balaban J connectivity index is 1.75. The van der Waals surface area contributed by atoms with E-state index in [9.17, 15) is 9.59 Å². The van der Waals surface area contributed by atoms with Crippen molar-refractivity contribution in [3.8, 4) is 0 Å². The van der Waals surface area contributed by atoms with Gasteiger partial charge in [-0.15, -0.1) is 0 Å². The van der Waals surface area contributed by atoms with Crippen LogP contribution in [0.1, 0.15) is 50.9 Å². The smallest absolute Gasteiger partial charge is 0.338 e. The van der Waals surface area contributed by atoms with Gasteiger partial charge in [0.15, 0.2) is 5.78 Å². The van der Waals surface area contributed by atoms with Crippen molar-refractivity contribution in [3.05, 3.63) is 41.6 Å². The summed E-state index contributed by atoms with van der Waals surface area (Å²) < 4.78 is 4.97. The number of Topliss-reactive ketones (excluding diaryl/α,β-unsaturated/α-hetero) is 1. The second-order valence-corrected chi connectivity index (χ2v) is 7.52. The predicted octanol–water partition coefficient (Wildman–Crippen LogP) is 4.18. The second-order valence-electron chi connectivity index (χ2n) is 7.52. The zero-order valence-corrected chi connectivity index (χ0v) is 14.8. The lowest BCUT2D eigenvalue weighted by Crippen LogP contribution is -2.32. The van der Waals surface area contributed by atoms with Crippen molar-refractivity contribution in [2.75, 3.05) is 11.9 Å². The molecule has 1 aromatic carbocycles. The summed E-state index contributed by atoms with van der Waals surface area (Å²) >= 11 is 0. The van der Waals surface area contributed by atoms with Crippen molar-refractivity contribution in [2.24, 2.45) is 16.7 Å². The van der Waals surface area contributed by atoms with Crippen LogP contribution in [0.25, 0.3) is 0 Å². The number of benzene rings is 1. The molecule has 0 radical (unpaired) electrons. The van der Waals surface area contributed by atoms with E-state index in [-0.39, 0.29) is 22.6 Å². The zero-order chi connectivity index (χ0) is 17.5. The quantitative estimate of drug-likeness (QED) is 0.665. The van der Waals surface area contributed by atoms with E-state index in [0.29, 0.717) is 18.1 Å². The number of esters is 1. The van der Waals surface area contributed by atoms with Gasteiger partial charge in [0, 0.05) is 22.9 Å². The third-order valence-corrected chi connectivity index (χ3v) is 6.16. The van der Waals surface area contributed by atoms with Crippen molar-refractivity contribution in [1.82, 2.24) is 0 Å². The first-order valence-electron chi connectivity index (χ1n) is 8.60. The van der Waals surface area contributed by atoms with Crippen LogP contribution in [-0.2, 0) is 9.53 Å². The summed E-state index contributed by atoms with van der Waals surface area (Å²) in [6.07, 6.45) is 3.91. The highest BCUT2D eigenvalue weighted by Crippen LogP contribution is 2.65. The number of hydrogen-bond acceptors (Lipinski definition) is 4. The highest BCUT2D eigenvalue weighted by Gasteiger charge is 2.63. The number of anilines is 1. The third kappa shape index (κ3) is 2.36. The Hall–Kier alpha value is -2.10. The number of carbonyl (C=O) groups excluding carboxylic acids is 2. The molecule has 1 N–H and O–H groups in total.